The molecular formula is C13H20BrClN2OS. The summed E-state index contributed by atoms with van der Waals surface area (Å²) < 4.78 is 0.574. The minimum Gasteiger partial charge on any atom is -0.354 e. The molecule has 0 aliphatic carbocycles. The summed E-state index contributed by atoms with van der Waals surface area (Å²) in [5.41, 5.74) is 0. The molecule has 0 aliphatic heterocycles. The van der Waals surface area contributed by atoms with E-state index in [9.17, 15) is 4.79 Å². The molecule has 0 bridgehead atoms. The van der Waals surface area contributed by atoms with Gasteiger partial charge in [0.2, 0.25) is 5.91 Å². The maximum Gasteiger partial charge on any atom is 0.236 e. The number of hydrogen-bond acceptors (Lipinski definition) is 3. The Morgan fingerprint density at radius 2 is 1.84 bits per heavy atom. The quantitative estimate of drug-likeness (QED) is 0.600. The van der Waals surface area contributed by atoms with Gasteiger partial charge in [0, 0.05) is 22.5 Å². The Bertz CT molecular complexity index is 398. The van der Waals surface area contributed by atoms with Gasteiger partial charge in [-0.3, -0.25) is 4.79 Å². The van der Waals surface area contributed by atoms with Crippen LogP contribution in [0.4, 0.5) is 0 Å². The number of nitrogens with one attached hydrogen (secondary N) is 2. The second-order valence-corrected chi connectivity index (χ2v) is 7.04. The van der Waals surface area contributed by atoms with E-state index < -0.39 is 4.75 Å². The second kappa shape index (κ2) is 8.84. The number of thioether (sulfide) groups is 1. The number of hydrogen-bond donors (Lipinski definition) is 2. The molecule has 0 radical (unpaired) electrons. The molecule has 108 valence electrons. The lowest BCUT2D eigenvalue weighted by Gasteiger charge is -2.23. The Hall–Kier alpha value is -0.230. The van der Waals surface area contributed by atoms with Crippen LogP contribution in [0.15, 0.2) is 33.6 Å². The third-order valence-electron chi connectivity index (χ3n) is 2.39. The molecule has 3 nitrogen and oxygen atoms in total. The highest BCUT2D eigenvalue weighted by atomic mass is 79.9. The van der Waals surface area contributed by atoms with Crippen LogP contribution in [0, 0.1) is 0 Å². The van der Waals surface area contributed by atoms with Crippen LogP contribution in [-0.4, -0.2) is 30.8 Å². The zero-order chi connectivity index (χ0) is 13.6. The molecular weight excluding hydrogens is 348 g/mol. The average molecular weight is 368 g/mol. The predicted octanol–water partition coefficient (Wildman–Crippen LogP) is 3.08. The lowest BCUT2D eigenvalue weighted by atomic mass is 10.2. The van der Waals surface area contributed by atoms with Crippen LogP contribution in [0.5, 0.6) is 0 Å². The van der Waals surface area contributed by atoms with Crippen molar-refractivity contribution in [1.29, 1.82) is 0 Å². The standard InChI is InChI=1S/C13H19BrN2OS.ClH/c1-13(2,12(17)16-9-8-15-3)18-11-6-4-10(14)5-7-11;/h4-7,15H,8-9H2,1-3H3,(H,16,17);1H. The van der Waals surface area contributed by atoms with Crippen molar-refractivity contribution < 1.29 is 4.79 Å². The van der Waals surface area contributed by atoms with Crippen LogP contribution in [0.3, 0.4) is 0 Å². The molecule has 0 atom stereocenters. The minimum atomic E-state index is -0.471. The normalized spacial score (nSPS) is 10.7. The summed E-state index contributed by atoms with van der Waals surface area (Å²) >= 11 is 4.97. The Balaban J connectivity index is 0.00000324. The summed E-state index contributed by atoms with van der Waals surface area (Å²) in [5, 5.41) is 5.93. The highest BCUT2D eigenvalue weighted by Crippen LogP contribution is 2.33. The van der Waals surface area contributed by atoms with Gasteiger partial charge in [0.1, 0.15) is 0 Å². The monoisotopic (exact) mass is 366 g/mol. The third kappa shape index (κ3) is 6.65. The first kappa shape index (κ1) is 18.8. The van der Waals surface area contributed by atoms with Gasteiger partial charge in [0.25, 0.3) is 0 Å². The van der Waals surface area contributed by atoms with Crippen molar-refractivity contribution in [2.75, 3.05) is 20.1 Å². The van der Waals surface area contributed by atoms with Crippen LogP contribution in [0.25, 0.3) is 0 Å². The van der Waals surface area contributed by atoms with Crippen LogP contribution in [0.1, 0.15) is 13.8 Å². The van der Waals surface area contributed by atoms with Gasteiger partial charge in [0.15, 0.2) is 0 Å². The van der Waals surface area contributed by atoms with Gasteiger partial charge < -0.3 is 10.6 Å². The molecule has 19 heavy (non-hydrogen) atoms. The Labute approximate surface area is 133 Å². The molecule has 0 aromatic heterocycles. The summed E-state index contributed by atoms with van der Waals surface area (Å²) in [5.74, 6) is 0.0608. The van der Waals surface area contributed by atoms with Crippen molar-refractivity contribution in [3.8, 4) is 0 Å². The topological polar surface area (TPSA) is 41.1 Å². The molecule has 1 amide bonds. The summed E-state index contributed by atoms with van der Waals surface area (Å²) in [7, 11) is 1.87. The largest absolute Gasteiger partial charge is 0.354 e. The molecule has 0 fully saturated rings. The van der Waals surface area contributed by atoms with Crippen LogP contribution < -0.4 is 10.6 Å². The van der Waals surface area contributed by atoms with E-state index in [0.29, 0.717) is 6.54 Å². The first-order chi connectivity index (χ1) is 8.45. The van der Waals surface area contributed by atoms with Gasteiger partial charge in [0.05, 0.1) is 4.75 Å². The highest BCUT2D eigenvalue weighted by Gasteiger charge is 2.28. The Morgan fingerprint density at radius 3 is 2.37 bits per heavy atom. The molecule has 1 rings (SSSR count). The first-order valence-electron chi connectivity index (χ1n) is 5.83. The van der Waals surface area contributed by atoms with E-state index in [1.54, 1.807) is 11.8 Å². The zero-order valence-corrected chi connectivity index (χ0v) is 14.5. The number of carbonyl (C=O) groups excluding carboxylic acids is 1. The van der Waals surface area contributed by atoms with E-state index in [2.05, 4.69) is 26.6 Å². The molecule has 0 heterocycles. The maximum atomic E-state index is 12.0. The fraction of sp³-hybridized carbons (Fsp3) is 0.462. The van der Waals surface area contributed by atoms with Crippen molar-refractivity contribution in [2.45, 2.75) is 23.5 Å². The molecule has 0 saturated carbocycles. The number of amides is 1. The SMILES string of the molecule is CNCCNC(=O)C(C)(C)Sc1ccc(Br)cc1.Cl. The Morgan fingerprint density at radius 1 is 1.26 bits per heavy atom. The fourth-order valence-corrected chi connectivity index (χ4v) is 2.65. The van der Waals surface area contributed by atoms with Crippen molar-refractivity contribution in [1.82, 2.24) is 10.6 Å². The van der Waals surface area contributed by atoms with Crippen molar-refractivity contribution in [2.24, 2.45) is 0 Å². The first-order valence-corrected chi connectivity index (χ1v) is 7.44. The number of rotatable bonds is 6. The molecule has 0 saturated heterocycles. The number of benzene rings is 1. The smallest absolute Gasteiger partial charge is 0.236 e. The minimum absolute atomic E-state index is 0. The summed E-state index contributed by atoms with van der Waals surface area (Å²) in [4.78, 5) is 13.1. The van der Waals surface area contributed by atoms with E-state index in [4.69, 9.17) is 0 Å². The molecule has 1 aromatic carbocycles. The maximum absolute atomic E-state index is 12.0. The number of likely N-dealkylation sites (N-methyl/N-ethyl adjacent to an activating group) is 1. The summed E-state index contributed by atoms with van der Waals surface area (Å²) in [6.07, 6.45) is 0. The van der Waals surface area contributed by atoms with E-state index in [-0.39, 0.29) is 18.3 Å². The second-order valence-electron chi connectivity index (χ2n) is 4.43. The van der Waals surface area contributed by atoms with E-state index in [1.165, 1.54) is 0 Å². The fourth-order valence-electron chi connectivity index (χ4n) is 1.36. The predicted molar refractivity (Wildman–Crippen MR) is 88.3 cm³/mol. The molecule has 6 heteroatoms. The lowest BCUT2D eigenvalue weighted by Crippen LogP contribution is -2.42. The summed E-state index contributed by atoms with van der Waals surface area (Å²) in [6, 6.07) is 7.99. The van der Waals surface area contributed by atoms with Crippen LogP contribution in [-0.2, 0) is 4.79 Å². The third-order valence-corrected chi connectivity index (χ3v) is 4.13. The lowest BCUT2D eigenvalue weighted by molar-refractivity contribution is -0.122. The Kier molecular flexibility index (Phi) is 8.74. The van der Waals surface area contributed by atoms with Crippen LogP contribution in [0.2, 0.25) is 0 Å². The zero-order valence-electron chi connectivity index (χ0n) is 11.3. The highest BCUT2D eigenvalue weighted by molar-refractivity contribution is 9.10. The van der Waals surface area contributed by atoms with E-state index in [0.717, 1.165) is 15.9 Å². The van der Waals surface area contributed by atoms with E-state index >= 15 is 0 Å². The van der Waals surface area contributed by atoms with Gasteiger partial charge in [-0.2, -0.15) is 0 Å². The number of carbonyl (C=O) groups is 1. The molecule has 0 aliphatic rings. The molecule has 1 aromatic rings. The van der Waals surface area contributed by atoms with Crippen molar-refractivity contribution in [3.63, 3.8) is 0 Å². The van der Waals surface area contributed by atoms with Gasteiger partial charge in [-0.15, -0.1) is 24.2 Å². The van der Waals surface area contributed by atoms with Crippen molar-refractivity contribution >= 4 is 46.0 Å². The summed E-state index contributed by atoms with van der Waals surface area (Å²) in [6.45, 7) is 5.31. The average Bonchev–Trinajstić information content (AvgIpc) is 2.32. The van der Waals surface area contributed by atoms with Crippen LogP contribution >= 0.6 is 40.1 Å². The molecule has 0 unspecified atom stereocenters. The van der Waals surface area contributed by atoms with Gasteiger partial charge in [-0.05, 0) is 45.2 Å². The van der Waals surface area contributed by atoms with Gasteiger partial charge in [-0.1, -0.05) is 15.9 Å². The van der Waals surface area contributed by atoms with Gasteiger partial charge >= 0.3 is 0 Å². The molecule has 0 spiro atoms. The number of halogens is 2. The molecule has 2 N–H and O–H groups in total. The van der Waals surface area contributed by atoms with Crippen molar-refractivity contribution in [3.05, 3.63) is 28.7 Å². The van der Waals surface area contributed by atoms with Gasteiger partial charge in [-0.25, -0.2) is 0 Å². The van der Waals surface area contributed by atoms with E-state index in [1.807, 2.05) is 45.2 Å².